The molecule has 1 aliphatic heterocycles. The molecule has 0 saturated carbocycles. The summed E-state index contributed by atoms with van der Waals surface area (Å²) in [6, 6.07) is 3.94. The summed E-state index contributed by atoms with van der Waals surface area (Å²) < 4.78 is 42.9. The molecule has 1 atom stereocenters. The fourth-order valence-corrected chi connectivity index (χ4v) is 4.88. The Morgan fingerprint density at radius 1 is 1.37 bits per heavy atom. The van der Waals surface area contributed by atoms with Gasteiger partial charge < -0.3 is 9.88 Å². The summed E-state index contributed by atoms with van der Waals surface area (Å²) in [7, 11) is 1.48. The molecular weight excluding hydrogens is 417 g/mol. The fourth-order valence-electron chi connectivity index (χ4n) is 3.78. The lowest BCUT2D eigenvalue weighted by atomic mass is 10.0. The maximum atomic E-state index is 14.2. The smallest absolute Gasteiger partial charge is 0.282 e. The number of fused-ring (bicyclic) bond motifs is 2. The number of carbonyl (C=O) groups is 1. The van der Waals surface area contributed by atoms with Gasteiger partial charge in [0.25, 0.3) is 12.3 Å². The van der Waals surface area contributed by atoms with Gasteiger partial charge in [0.2, 0.25) is 0 Å². The normalized spacial score (nSPS) is 16.4. The quantitative estimate of drug-likeness (QED) is 0.536. The molecule has 1 aromatic carbocycles. The summed E-state index contributed by atoms with van der Waals surface area (Å²) in [6.07, 6.45) is 0.416. The van der Waals surface area contributed by atoms with Crippen LogP contribution in [0.15, 0.2) is 30.7 Å². The first-order valence-corrected chi connectivity index (χ1v) is 9.95. The topological polar surface area (TPSA) is 79.7 Å². The van der Waals surface area contributed by atoms with Gasteiger partial charge in [0.15, 0.2) is 0 Å². The number of thiazole rings is 1. The number of amides is 1. The number of rotatable bonds is 3. The lowest BCUT2D eigenvalue weighted by Crippen LogP contribution is -2.41. The maximum absolute atomic E-state index is 14.2. The Hall–Kier alpha value is -3.21. The first kappa shape index (κ1) is 18.8. The van der Waals surface area contributed by atoms with E-state index < -0.39 is 29.9 Å². The maximum Gasteiger partial charge on any atom is 0.282 e. The number of carbonyl (C=O) groups excluding carboxylic acids is 1. The SMILES string of the molecule is Cn1cc(C(=O)N2CCc3[nH]cnc3[C@H]2c2nc3c(F)cccc3s2)c(C(F)F)n1. The number of hydrogen-bond donors (Lipinski definition) is 1. The predicted molar refractivity (Wildman–Crippen MR) is 103 cm³/mol. The Morgan fingerprint density at radius 2 is 2.20 bits per heavy atom. The Labute approximate surface area is 172 Å². The zero-order valence-corrected chi connectivity index (χ0v) is 16.5. The van der Waals surface area contributed by atoms with Crippen LogP contribution in [0.5, 0.6) is 0 Å². The van der Waals surface area contributed by atoms with Crippen LogP contribution in [-0.2, 0) is 13.5 Å². The molecule has 1 aliphatic rings. The number of aryl methyl sites for hydroxylation is 1. The zero-order valence-electron chi connectivity index (χ0n) is 15.6. The van der Waals surface area contributed by atoms with E-state index in [1.165, 1.54) is 46.6 Å². The molecule has 0 radical (unpaired) electrons. The second kappa shape index (κ2) is 6.94. The van der Waals surface area contributed by atoms with Gasteiger partial charge in [-0.25, -0.2) is 23.1 Å². The van der Waals surface area contributed by atoms with E-state index in [0.717, 1.165) is 5.69 Å². The summed E-state index contributed by atoms with van der Waals surface area (Å²) >= 11 is 1.25. The number of H-pyrrole nitrogens is 1. The summed E-state index contributed by atoms with van der Waals surface area (Å²) in [5, 5.41) is 4.21. The van der Waals surface area contributed by atoms with Crippen LogP contribution in [0.1, 0.15) is 44.9 Å². The Balaban J connectivity index is 1.64. The third-order valence-corrected chi connectivity index (χ3v) is 6.17. The molecular formula is C19H15F3N6OS. The molecule has 3 aromatic heterocycles. The molecule has 30 heavy (non-hydrogen) atoms. The Morgan fingerprint density at radius 3 is 2.97 bits per heavy atom. The Kier molecular flexibility index (Phi) is 4.35. The highest BCUT2D eigenvalue weighted by atomic mass is 32.1. The van der Waals surface area contributed by atoms with Crippen LogP contribution in [0.4, 0.5) is 13.2 Å². The fraction of sp³-hybridized carbons (Fsp3) is 0.263. The van der Waals surface area contributed by atoms with Crippen LogP contribution in [0.3, 0.4) is 0 Å². The average Bonchev–Trinajstić information content (AvgIpc) is 3.44. The van der Waals surface area contributed by atoms with Gasteiger partial charge in [0, 0.05) is 31.9 Å². The van der Waals surface area contributed by atoms with E-state index in [1.54, 1.807) is 12.1 Å². The third-order valence-electron chi connectivity index (χ3n) is 5.10. The molecule has 0 unspecified atom stereocenters. The summed E-state index contributed by atoms with van der Waals surface area (Å²) in [6.45, 7) is 0.272. The summed E-state index contributed by atoms with van der Waals surface area (Å²) in [4.78, 5) is 26.6. The number of nitrogens with zero attached hydrogens (tertiary/aromatic N) is 5. The lowest BCUT2D eigenvalue weighted by molar-refractivity contribution is 0.0678. The van der Waals surface area contributed by atoms with Crippen molar-refractivity contribution in [1.82, 2.24) is 29.6 Å². The number of aromatic nitrogens is 5. The minimum atomic E-state index is -2.88. The second-order valence-electron chi connectivity index (χ2n) is 6.96. The van der Waals surface area contributed by atoms with E-state index in [1.807, 2.05) is 0 Å². The molecule has 1 amide bonds. The number of benzene rings is 1. The number of imidazole rings is 1. The van der Waals surface area contributed by atoms with Crippen molar-refractivity contribution in [2.75, 3.05) is 6.54 Å². The predicted octanol–water partition coefficient (Wildman–Crippen LogP) is 3.62. The second-order valence-corrected chi connectivity index (χ2v) is 8.02. The van der Waals surface area contributed by atoms with Crippen LogP contribution in [0.2, 0.25) is 0 Å². The molecule has 7 nitrogen and oxygen atoms in total. The van der Waals surface area contributed by atoms with Gasteiger partial charge >= 0.3 is 0 Å². The molecule has 4 heterocycles. The van der Waals surface area contributed by atoms with E-state index in [4.69, 9.17) is 0 Å². The first-order valence-electron chi connectivity index (χ1n) is 9.13. The van der Waals surface area contributed by atoms with E-state index in [9.17, 15) is 18.0 Å². The number of halogens is 3. The van der Waals surface area contributed by atoms with Crippen LogP contribution in [-0.4, -0.2) is 42.1 Å². The minimum absolute atomic E-state index is 0.163. The van der Waals surface area contributed by atoms with E-state index in [-0.39, 0.29) is 17.6 Å². The number of aromatic amines is 1. The van der Waals surface area contributed by atoms with Crippen LogP contribution >= 0.6 is 11.3 Å². The lowest BCUT2D eigenvalue weighted by Gasteiger charge is -2.33. The molecule has 154 valence electrons. The van der Waals surface area contributed by atoms with Crippen LogP contribution in [0.25, 0.3) is 10.2 Å². The van der Waals surface area contributed by atoms with Gasteiger partial charge in [0.1, 0.15) is 28.1 Å². The number of alkyl halides is 2. The van der Waals surface area contributed by atoms with E-state index in [0.29, 0.717) is 21.8 Å². The van der Waals surface area contributed by atoms with Gasteiger partial charge in [-0.1, -0.05) is 6.07 Å². The third kappa shape index (κ3) is 2.88. The van der Waals surface area contributed by atoms with Gasteiger partial charge in [-0.3, -0.25) is 9.48 Å². The van der Waals surface area contributed by atoms with Crippen molar-refractivity contribution in [2.24, 2.45) is 7.05 Å². The van der Waals surface area contributed by atoms with E-state index in [2.05, 4.69) is 20.1 Å². The van der Waals surface area contributed by atoms with Crippen molar-refractivity contribution in [3.63, 3.8) is 0 Å². The van der Waals surface area contributed by atoms with Crippen molar-refractivity contribution in [1.29, 1.82) is 0 Å². The van der Waals surface area contributed by atoms with Gasteiger partial charge in [-0.05, 0) is 12.1 Å². The van der Waals surface area contributed by atoms with Crippen molar-refractivity contribution >= 4 is 27.5 Å². The monoisotopic (exact) mass is 432 g/mol. The molecule has 4 aromatic rings. The average molecular weight is 432 g/mol. The highest BCUT2D eigenvalue weighted by Crippen LogP contribution is 2.39. The first-order chi connectivity index (χ1) is 14.4. The van der Waals surface area contributed by atoms with Crippen molar-refractivity contribution in [2.45, 2.75) is 18.9 Å². The number of nitrogens with one attached hydrogen (secondary N) is 1. The van der Waals surface area contributed by atoms with E-state index >= 15 is 0 Å². The van der Waals surface area contributed by atoms with Gasteiger partial charge in [-0.2, -0.15) is 5.10 Å². The number of hydrogen-bond acceptors (Lipinski definition) is 5. The highest BCUT2D eigenvalue weighted by Gasteiger charge is 2.38. The molecule has 0 spiro atoms. The summed E-state index contributed by atoms with van der Waals surface area (Å²) in [5.74, 6) is -1.05. The molecule has 11 heteroatoms. The minimum Gasteiger partial charge on any atom is -0.348 e. The molecule has 0 aliphatic carbocycles. The van der Waals surface area contributed by atoms with Crippen molar-refractivity contribution in [3.8, 4) is 0 Å². The zero-order chi connectivity index (χ0) is 21.0. The molecule has 5 rings (SSSR count). The van der Waals surface area contributed by atoms with Gasteiger partial charge in [0.05, 0.1) is 22.3 Å². The largest absolute Gasteiger partial charge is 0.348 e. The standard InChI is InChI=1S/C19H15F3N6OS/c1-27-7-9(13(26-27)17(21)22)19(29)28-6-5-11-15(24-8-23-11)16(28)18-25-14-10(20)3-2-4-12(14)30-18/h2-4,7-8,16-17H,5-6H2,1H3,(H,23,24)/t16-/m0/s1. The molecule has 0 saturated heterocycles. The molecule has 1 N–H and O–H groups in total. The van der Waals surface area contributed by atoms with Crippen LogP contribution < -0.4 is 0 Å². The van der Waals surface area contributed by atoms with Crippen LogP contribution in [0, 0.1) is 5.82 Å². The summed E-state index contributed by atoms with van der Waals surface area (Å²) in [5.41, 5.74) is 0.899. The molecule has 0 fully saturated rings. The van der Waals surface area contributed by atoms with Crippen molar-refractivity contribution in [3.05, 3.63) is 64.2 Å². The molecule has 0 bridgehead atoms. The number of para-hydroxylation sites is 1. The highest BCUT2D eigenvalue weighted by molar-refractivity contribution is 7.18. The van der Waals surface area contributed by atoms with Gasteiger partial charge in [-0.15, -0.1) is 11.3 Å². The Bertz CT molecular complexity index is 1260. The van der Waals surface area contributed by atoms with Crippen molar-refractivity contribution < 1.29 is 18.0 Å².